The molecule has 0 bridgehead atoms. The summed E-state index contributed by atoms with van der Waals surface area (Å²) in [7, 11) is 0. The number of likely N-dealkylation sites (tertiary alicyclic amines) is 1. The highest BCUT2D eigenvalue weighted by Crippen LogP contribution is 2.35. The fraction of sp³-hybridized carbons (Fsp3) is 0.565. The average Bonchev–Trinajstić information content (AvgIpc) is 3.11. The summed E-state index contributed by atoms with van der Waals surface area (Å²) in [6, 6.07) is 6.79. The van der Waals surface area contributed by atoms with E-state index in [4.69, 9.17) is 4.74 Å². The number of benzene rings is 1. The second-order valence-corrected chi connectivity index (χ2v) is 8.70. The summed E-state index contributed by atoms with van der Waals surface area (Å²) in [4.78, 5) is 50.0. The van der Waals surface area contributed by atoms with Crippen molar-refractivity contribution >= 4 is 35.1 Å². The number of anilines is 2. The molecule has 1 heterocycles. The van der Waals surface area contributed by atoms with Gasteiger partial charge in [0.1, 0.15) is 0 Å². The van der Waals surface area contributed by atoms with Crippen molar-refractivity contribution < 1.29 is 23.9 Å². The SMILES string of the molecule is CC(=O)Nc1ccc(NC(=O)COC(=O)[C@@H]2CC(=O)N([C@H]3CCC[C@H](C)[C@H]3C)C2)cc1. The number of hydrogen-bond donors (Lipinski definition) is 2. The third-order valence-electron chi connectivity index (χ3n) is 6.39. The molecule has 1 aliphatic carbocycles. The van der Waals surface area contributed by atoms with Crippen LogP contribution in [0.4, 0.5) is 11.4 Å². The second kappa shape index (κ2) is 9.94. The first-order chi connectivity index (χ1) is 14.7. The van der Waals surface area contributed by atoms with E-state index in [0.29, 0.717) is 29.8 Å². The van der Waals surface area contributed by atoms with Crippen LogP contribution in [0.2, 0.25) is 0 Å². The number of hydrogen-bond acceptors (Lipinski definition) is 5. The van der Waals surface area contributed by atoms with Gasteiger partial charge in [0, 0.05) is 37.3 Å². The normalized spacial score (nSPS) is 25.8. The molecule has 3 rings (SSSR count). The Kier molecular flexibility index (Phi) is 7.30. The Balaban J connectivity index is 1.46. The van der Waals surface area contributed by atoms with Gasteiger partial charge >= 0.3 is 5.97 Å². The zero-order chi connectivity index (χ0) is 22.5. The van der Waals surface area contributed by atoms with Gasteiger partial charge in [-0.1, -0.05) is 26.7 Å². The van der Waals surface area contributed by atoms with Crippen LogP contribution < -0.4 is 10.6 Å². The van der Waals surface area contributed by atoms with Crippen molar-refractivity contribution in [2.75, 3.05) is 23.8 Å². The van der Waals surface area contributed by atoms with Gasteiger partial charge in [-0.05, 0) is 42.5 Å². The van der Waals surface area contributed by atoms with Crippen LogP contribution >= 0.6 is 0 Å². The minimum atomic E-state index is -0.526. The smallest absolute Gasteiger partial charge is 0.311 e. The fourth-order valence-corrected chi connectivity index (χ4v) is 4.50. The molecule has 2 N–H and O–H groups in total. The van der Waals surface area contributed by atoms with Crippen LogP contribution in [0.15, 0.2) is 24.3 Å². The molecule has 31 heavy (non-hydrogen) atoms. The van der Waals surface area contributed by atoms with Crippen molar-refractivity contribution in [2.24, 2.45) is 17.8 Å². The van der Waals surface area contributed by atoms with Crippen molar-refractivity contribution in [1.29, 1.82) is 0 Å². The molecule has 2 aliphatic rings. The second-order valence-electron chi connectivity index (χ2n) is 8.70. The van der Waals surface area contributed by atoms with Gasteiger partial charge in [-0.15, -0.1) is 0 Å². The number of rotatable bonds is 6. The van der Waals surface area contributed by atoms with Gasteiger partial charge in [0.05, 0.1) is 5.92 Å². The van der Waals surface area contributed by atoms with Crippen molar-refractivity contribution in [3.05, 3.63) is 24.3 Å². The lowest BCUT2D eigenvalue weighted by Gasteiger charge is -2.39. The molecule has 3 amide bonds. The highest BCUT2D eigenvalue weighted by atomic mass is 16.5. The molecule has 1 aromatic rings. The summed E-state index contributed by atoms with van der Waals surface area (Å²) in [6.45, 7) is 5.77. The lowest BCUT2D eigenvalue weighted by molar-refractivity contribution is -0.151. The number of carbonyl (C=O) groups is 4. The van der Waals surface area contributed by atoms with Gasteiger partial charge in [-0.3, -0.25) is 19.2 Å². The number of carbonyl (C=O) groups excluding carboxylic acids is 4. The van der Waals surface area contributed by atoms with Gasteiger partial charge in [0.2, 0.25) is 11.8 Å². The number of ether oxygens (including phenoxy) is 1. The Bertz CT molecular complexity index is 838. The first-order valence-corrected chi connectivity index (χ1v) is 10.9. The van der Waals surface area contributed by atoms with E-state index >= 15 is 0 Å². The summed E-state index contributed by atoms with van der Waals surface area (Å²) in [6.07, 6.45) is 3.39. The van der Waals surface area contributed by atoms with Crippen LogP contribution in [0.5, 0.6) is 0 Å². The third-order valence-corrected chi connectivity index (χ3v) is 6.39. The predicted molar refractivity (Wildman–Crippen MR) is 116 cm³/mol. The Morgan fingerprint density at radius 3 is 2.35 bits per heavy atom. The summed E-state index contributed by atoms with van der Waals surface area (Å²) in [5.74, 6) is -0.706. The first-order valence-electron chi connectivity index (χ1n) is 10.9. The van der Waals surface area contributed by atoms with E-state index < -0.39 is 24.4 Å². The molecule has 0 radical (unpaired) electrons. The molecule has 4 atom stereocenters. The molecule has 1 saturated heterocycles. The minimum Gasteiger partial charge on any atom is -0.455 e. The monoisotopic (exact) mass is 429 g/mol. The van der Waals surface area contributed by atoms with Crippen molar-refractivity contribution in [3.63, 3.8) is 0 Å². The third kappa shape index (κ3) is 5.83. The summed E-state index contributed by atoms with van der Waals surface area (Å²) < 4.78 is 5.18. The maximum absolute atomic E-state index is 12.5. The molecule has 1 aliphatic heterocycles. The first kappa shape index (κ1) is 22.8. The zero-order valence-electron chi connectivity index (χ0n) is 18.3. The van der Waals surface area contributed by atoms with E-state index in [-0.39, 0.29) is 24.3 Å². The molecule has 0 aromatic heterocycles. The van der Waals surface area contributed by atoms with Crippen LogP contribution in [0.3, 0.4) is 0 Å². The molecule has 0 unspecified atom stereocenters. The summed E-state index contributed by atoms with van der Waals surface area (Å²) >= 11 is 0. The molecule has 168 valence electrons. The van der Waals surface area contributed by atoms with Gasteiger partial charge in [-0.2, -0.15) is 0 Å². The van der Waals surface area contributed by atoms with E-state index in [1.165, 1.54) is 13.3 Å². The molecule has 1 aromatic carbocycles. The van der Waals surface area contributed by atoms with Crippen LogP contribution in [-0.2, 0) is 23.9 Å². The van der Waals surface area contributed by atoms with Gasteiger partial charge < -0.3 is 20.3 Å². The van der Waals surface area contributed by atoms with E-state index in [1.807, 2.05) is 4.90 Å². The Morgan fingerprint density at radius 1 is 1.06 bits per heavy atom. The molecule has 2 fully saturated rings. The van der Waals surface area contributed by atoms with Crippen molar-refractivity contribution in [2.45, 2.75) is 52.5 Å². The van der Waals surface area contributed by atoms with Crippen molar-refractivity contribution in [3.8, 4) is 0 Å². The van der Waals surface area contributed by atoms with Crippen molar-refractivity contribution in [1.82, 2.24) is 4.90 Å². The highest BCUT2D eigenvalue weighted by Gasteiger charge is 2.42. The summed E-state index contributed by atoms with van der Waals surface area (Å²) in [5.41, 5.74) is 1.15. The number of nitrogens with zero attached hydrogens (tertiary/aromatic N) is 1. The maximum Gasteiger partial charge on any atom is 0.311 e. The Morgan fingerprint density at radius 2 is 1.71 bits per heavy atom. The van der Waals surface area contributed by atoms with E-state index in [2.05, 4.69) is 24.5 Å². The topological polar surface area (TPSA) is 105 Å². The van der Waals surface area contributed by atoms with Crippen LogP contribution in [0, 0.1) is 17.8 Å². The van der Waals surface area contributed by atoms with Gasteiger partial charge in [0.25, 0.3) is 5.91 Å². The molecular formula is C23H31N3O5. The zero-order valence-corrected chi connectivity index (χ0v) is 18.3. The molecular weight excluding hydrogens is 398 g/mol. The maximum atomic E-state index is 12.5. The highest BCUT2D eigenvalue weighted by molar-refractivity contribution is 5.94. The Hall–Kier alpha value is -2.90. The Labute approximate surface area is 182 Å². The minimum absolute atomic E-state index is 0.00314. The standard InChI is InChI=1S/C23H31N3O5/c1-14-5-4-6-20(15(14)2)26-12-17(11-22(26)29)23(30)31-13-21(28)25-19-9-7-18(8-10-19)24-16(3)27/h7-10,14-15,17,20H,4-6,11-13H2,1-3H3,(H,24,27)(H,25,28)/t14-,15+,17+,20-/m0/s1. The van der Waals surface area contributed by atoms with Crippen LogP contribution in [-0.4, -0.2) is 47.8 Å². The predicted octanol–water partition coefficient (Wildman–Crippen LogP) is 2.80. The number of amides is 3. The largest absolute Gasteiger partial charge is 0.455 e. The lowest BCUT2D eigenvalue weighted by atomic mass is 9.77. The van der Waals surface area contributed by atoms with Gasteiger partial charge in [0.15, 0.2) is 6.61 Å². The van der Waals surface area contributed by atoms with Crippen LogP contribution in [0.25, 0.3) is 0 Å². The van der Waals surface area contributed by atoms with Gasteiger partial charge in [-0.25, -0.2) is 0 Å². The molecule has 0 spiro atoms. The average molecular weight is 430 g/mol. The van der Waals surface area contributed by atoms with E-state index in [9.17, 15) is 19.2 Å². The number of nitrogens with one attached hydrogen (secondary N) is 2. The van der Waals surface area contributed by atoms with Crippen LogP contribution in [0.1, 0.15) is 46.5 Å². The number of esters is 1. The molecule has 8 heteroatoms. The fourth-order valence-electron chi connectivity index (χ4n) is 4.50. The van der Waals surface area contributed by atoms with E-state index in [0.717, 1.165) is 12.8 Å². The summed E-state index contributed by atoms with van der Waals surface area (Å²) in [5, 5.41) is 5.28. The molecule has 8 nitrogen and oxygen atoms in total. The van der Waals surface area contributed by atoms with E-state index in [1.54, 1.807) is 24.3 Å². The quantitative estimate of drug-likeness (QED) is 0.677. The lowest BCUT2D eigenvalue weighted by Crippen LogP contribution is -2.45. The molecule has 1 saturated carbocycles.